The van der Waals surface area contributed by atoms with Gasteiger partial charge in [0.2, 0.25) is 0 Å². The molecule has 3 rings (SSSR count). The van der Waals surface area contributed by atoms with Crippen LogP contribution in [-0.2, 0) is 7.05 Å². The molecular formula is C14H14N4. The number of pyridine rings is 1. The van der Waals surface area contributed by atoms with Crippen LogP contribution in [0.25, 0.3) is 11.2 Å². The molecule has 0 radical (unpaired) electrons. The third-order valence-electron chi connectivity index (χ3n) is 3.10. The van der Waals surface area contributed by atoms with Crippen molar-refractivity contribution in [3.05, 3.63) is 60.0 Å². The molecule has 4 nitrogen and oxygen atoms in total. The molecule has 0 aliphatic carbocycles. The van der Waals surface area contributed by atoms with E-state index in [1.165, 1.54) is 0 Å². The normalized spacial score (nSPS) is 12.8. The topological polar surface area (TPSA) is 56.7 Å². The van der Waals surface area contributed by atoms with E-state index in [0.717, 1.165) is 22.6 Å². The van der Waals surface area contributed by atoms with E-state index >= 15 is 0 Å². The molecule has 0 saturated heterocycles. The molecule has 1 unspecified atom stereocenters. The number of nitrogens with zero attached hydrogens (tertiary/aromatic N) is 3. The van der Waals surface area contributed by atoms with Crippen molar-refractivity contribution in [3.8, 4) is 0 Å². The van der Waals surface area contributed by atoms with Crippen LogP contribution in [0.5, 0.6) is 0 Å². The maximum Gasteiger partial charge on any atom is 0.159 e. The number of aryl methyl sites for hydroxylation is 1. The maximum atomic E-state index is 6.27. The molecule has 0 fully saturated rings. The molecule has 90 valence electrons. The lowest BCUT2D eigenvalue weighted by Crippen LogP contribution is -2.16. The van der Waals surface area contributed by atoms with Crippen molar-refractivity contribution in [3.63, 3.8) is 0 Å². The molecule has 0 saturated carbocycles. The minimum absolute atomic E-state index is 0.231. The highest BCUT2D eigenvalue weighted by atomic mass is 15.1. The lowest BCUT2D eigenvalue weighted by atomic mass is 10.1. The van der Waals surface area contributed by atoms with Crippen molar-refractivity contribution in [2.45, 2.75) is 6.04 Å². The van der Waals surface area contributed by atoms with Crippen molar-refractivity contribution in [2.75, 3.05) is 0 Å². The van der Waals surface area contributed by atoms with Gasteiger partial charge in [0.25, 0.3) is 0 Å². The van der Waals surface area contributed by atoms with Crippen LogP contribution in [-0.4, -0.2) is 14.5 Å². The van der Waals surface area contributed by atoms with Gasteiger partial charge < -0.3 is 10.3 Å². The minimum Gasteiger partial charge on any atom is -0.318 e. The third-order valence-corrected chi connectivity index (χ3v) is 3.10. The molecule has 0 aliphatic rings. The van der Waals surface area contributed by atoms with E-state index in [4.69, 9.17) is 5.73 Å². The van der Waals surface area contributed by atoms with E-state index in [1.807, 2.05) is 54.1 Å². The zero-order chi connectivity index (χ0) is 12.5. The van der Waals surface area contributed by atoms with Crippen LogP contribution in [0.15, 0.2) is 48.7 Å². The van der Waals surface area contributed by atoms with Crippen LogP contribution in [0, 0.1) is 0 Å². The number of aromatic nitrogens is 3. The highest BCUT2D eigenvalue weighted by Gasteiger charge is 2.16. The summed E-state index contributed by atoms with van der Waals surface area (Å²) < 4.78 is 1.95. The smallest absolute Gasteiger partial charge is 0.159 e. The standard InChI is InChI=1S/C14H14N4/c1-18-13-11(8-5-9-16-13)17-14(18)12(15)10-6-3-2-4-7-10/h2-9,12H,15H2,1H3. The first-order valence-electron chi connectivity index (χ1n) is 5.85. The molecular weight excluding hydrogens is 224 g/mol. The molecule has 1 atom stereocenters. The highest BCUT2D eigenvalue weighted by Crippen LogP contribution is 2.21. The largest absolute Gasteiger partial charge is 0.318 e. The van der Waals surface area contributed by atoms with Gasteiger partial charge in [-0.2, -0.15) is 0 Å². The maximum absolute atomic E-state index is 6.27. The summed E-state index contributed by atoms with van der Waals surface area (Å²) in [4.78, 5) is 8.89. The van der Waals surface area contributed by atoms with Crippen LogP contribution in [0.4, 0.5) is 0 Å². The Labute approximate surface area is 105 Å². The van der Waals surface area contributed by atoms with E-state index in [0.29, 0.717) is 0 Å². The first-order valence-corrected chi connectivity index (χ1v) is 5.85. The van der Waals surface area contributed by atoms with E-state index in [9.17, 15) is 0 Å². The predicted octanol–water partition coefficient (Wildman–Crippen LogP) is 2.02. The molecule has 0 bridgehead atoms. The third kappa shape index (κ3) is 1.67. The predicted molar refractivity (Wildman–Crippen MR) is 71.0 cm³/mol. The summed E-state index contributed by atoms with van der Waals surface area (Å²) in [6.07, 6.45) is 1.77. The number of hydrogen-bond donors (Lipinski definition) is 1. The van der Waals surface area contributed by atoms with Crippen LogP contribution in [0.2, 0.25) is 0 Å². The van der Waals surface area contributed by atoms with Crippen molar-refractivity contribution < 1.29 is 0 Å². The van der Waals surface area contributed by atoms with E-state index in [2.05, 4.69) is 9.97 Å². The fraction of sp³-hybridized carbons (Fsp3) is 0.143. The Morgan fingerprint density at radius 1 is 1.11 bits per heavy atom. The van der Waals surface area contributed by atoms with E-state index in [-0.39, 0.29) is 6.04 Å². The van der Waals surface area contributed by atoms with E-state index < -0.39 is 0 Å². The first kappa shape index (κ1) is 10.9. The molecule has 0 amide bonds. The van der Waals surface area contributed by atoms with Crippen molar-refractivity contribution in [1.29, 1.82) is 0 Å². The van der Waals surface area contributed by atoms with Crippen molar-refractivity contribution in [2.24, 2.45) is 12.8 Å². The fourth-order valence-electron chi connectivity index (χ4n) is 2.13. The van der Waals surface area contributed by atoms with Gasteiger partial charge >= 0.3 is 0 Å². The second-order valence-electron chi connectivity index (χ2n) is 4.26. The second kappa shape index (κ2) is 4.23. The molecule has 4 heteroatoms. The molecule has 3 aromatic rings. The molecule has 18 heavy (non-hydrogen) atoms. The average molecular weight is 238 g/mol. The number of imidazole rings is 1. The lowest BCUT2D eigenvalue weighted by molar-refractivity contribution is 0.725. The molecule has 0 spiro atoms. The van der Waals surface area contributed by atoms with Crippen LogP contribution in [0.3, 0.4) is 0 Å². The fourth-order valence-corrected chi connectivity index (χ4v) is 2.13. The average Bonchev–Trinajstić information content (AvgIpc) is 2.77. The van der Waals surface area contributed by atoms with Gasteiger partial charge in [0, 0.05) is 13.2 Å². The SMILES string of the molecule is Cn1c(C(N)c2ccccc2)nc2cccnc21. The Kier molecular flexibility index (Phi) is 2.57. The van der Waals surface area contributed by atoms with Crippen molar-refractivity contribution in [1.82, 2.24) is 14.5 Å². The summed E-state index contributed by atoms with van der Waals surface area (Å²) in [7, 11) is 1.94. The Morgan fingerprint density at radius 2 is 1.89 bits per heavy atom. The second-order valence-corrected chi connectivity index (χ2v) is 4.26. The summed E-state index contributed by atoms with van der Waals surface area (Å²) in [6, 6.07) is 13.6. The quantitative estimate of drug-likeness (QED) is 0.743. The number of fused-ring (bicyclic) bond motifs is 1. The molecule has 2 N–H and O–H groups in total. The van der Waals surface area contributed by atoms with Gasteiger partial charge in [-0.3, -0.25) is 0 Å². The Balaban J connectivity index is 2.12. The summed E-state index contributed by atoms with van der Waals surface area (Å²) in [5, 5.41) is 0. The highest BCUT2D eigenvalue weighted by molar-refractivity contribution is 5.71. The van der Waals surface area contributed by atoms with Crippen LogP contribution >= 0.6 is 0 Å². The summed E-state index contributed by atoms with van der Waals surface area (Å²) in [6.45, 7) is 0. The van der Waals surface area contributed by atoms with Gasteiger partial charge in [-0.25, -0.2) is 9.97 Å². The van der Waals surface area contributed by atoms with Gasteiger partial charge in [-0.15, -0.1) is 0 Å². The number of hydrogen-bond acceptors (Lipinski definition) is 3. The Morgan fingerprint density at radius 3 is 2.61 bits per heavy atom. The van der Waals surface area contributed by atoms with Crippen molar-refractivity contribution >= 4 is 11.2 Å². The van der Waals surface area contributed by atoms with Crippen LogP contribution < -0.4 is 5.73 Å². The van der Waals surface area contributed by atoms with Gasteiger partial charge in [0.1, 0.15) is 11.3 Å². The van der Waals surface area contributed by atoms with Gasteiger partial charge in [0.15, 0.2) is 5.65 Å². The number of nitrogens with two attached hydrogens (primary N) is 1. The zero-order valence-corrected chi connectivity index (χ0v) is 10.1. The van der Waals surface area contributed by atoms with Crippen LogP contribution in [0.1, 0.15) is 17.4 Å². The molecule has 2 heterocycles. The molecule has 0 aliphatic heterocycles. The Bertz CT molecular complexity index is 673. The summed E-state index contributed by atoms with van der Waals surface area (Å²) in [5.74, 6) is 0.829. The number of benzene rings is 1. The monoisotopic (exact) mass is 238 g/mol. The Hall–Kier alpha value is -2.20. The summed E-state index contributed by atoms with van der Waals surface area (Å²) in [5.41, 5.74) is 9.06. The van der Waals surface area contributed by atoms with Gasteiger partial charge in [0.05, 0.1) is 6.04 Å². The van der Waals surface area contributed by atoms with Gasteiger partial charge in [-0.05, 0) is 17.7 Å². The first-order chi connectivity index (χ1) is 8.77. The minimum atomic E-state index is -0.231. The molecule has 2 aromatic heterocycles. The summed E-state index contributed by atoms with van der Waals surface area (Å²) >= 11 is 0. The van der Waals surface area contributed by atoms with E-state index in [1.54, 1.807) is 6.20 Å². The number of rotatable bonds is 2. The lowest BCUT2D eigenvalue weighted by Gasteiger charge is -2.11. The van der Waals surface area contributed by atoms with Gasteiger partial charge in [-0.1, -0.05) is 30.3 Å². The molecule has 1 aromatic carbocycles. The zero-order valence-electron chi connectivity index (χ0n) is 10.1.